The molecular formula is C24H23NO3. The van der Waals surface area contributed by atoms with Gasteiger partial charge in [-0.25, -0.2) is 0 Å². The van der Waals surface area contributed by atoms with Crippen molar-refractivity contribution in [2.75, 3.05) is 6.54 Å². The Labute approximate surface area is 164 Å². The predicted molar refractivity (Wildman–Crippen MR) is 109 cm³/mol. The van der Waals surface area contributed by atoms with Gasteiger partial charge in [0.2, 0.25) is 0 Å². The first-order valence-corrected chi connectivity index (χ1v) is 9.52. The lowest BCUT2D eigenvalue weighted by molar-refractivity contribution is 0.0260. The molecule has 4 nitrogen and oxygen atoms in total. The molecule has 0 bridgehead atoms. The summed E-state index contributed by atoms with van der Waals surface area (Å²) in [5.41, 5.74) is 2.08. The van der Waals surface area contributed by atoms with Crippen LogP contribution in [0.4, 0.5) is 0 Å². The van der Waals surface area contributed by atoms with Gasteiger partial charge in [-0.15, -0.1) is 0 Å². The summed E-state index contributed by atoms with van der Waals surface area (Å²) < 4.78 is 5.75. The van der Waals surface area contributed by atoms with E-state index in [1.165, 1.54) is 5.56 Å². The molecule has 4 heteroatoms. The molecular weight excluding hydrogens is 350 g/mol. The van der Waals surface area contributed by atoms with E-state index in [0.717, 1.165) is 17.7 Å². The molecule has 0 saturated carbocycles. The average molecular weight is 373 g/mol. The highest BCUT2D eigenvalue weighted by Crippen LogP contribution is 2.28. The zero-order valence-electron chi connectivity index (χ0n) is 15.6. The Bertz CT molecular complexity index is 953. The van der Waals surface area contributed by atoms with Crippen LogP contribution in [0.15, 0.2) is 78.9 Å². The Morgan fingerprint density at radius 2 is 1.54 bits per heavy atom. The zero-order chi connectivity index (χ0) is 19.4. The number of hydrogen-bond acceptors (Lipinski definition) is 3. The Kier molecular flexibility index (Phi) is 5.13. The van der Waals surface area contributed by atoms with Gasteiger partial charge in [0, 0.05) is 18.5 Å². The van der Waals surface area contributed by atoms with Crippen LogP contribution in [0, 0.1) is 0 Å². The van der Waals surface area contributed by atoms with Gasteiger partial charge in [0.05, 0.1) is 5.60 Å². The normalized spacial score (nSPS) is 18.2. The number of nitrogens with one attached hydrogen (secondary N) is 1. The minimum atomic E-state index is -0.902. The number of amides is 1. The zero-order valence-corrected chi connectivity index (χ0v) is 15.6. The molecule has 142 valence electrons. The largest absolute Gasteiger partial charge is 0.457 e. The molecule has 1 atom stereocenters. The second kappa shape index (κ2) is 7.87. The van der Waals surface area contributed by atoms with Gasteiger partial charge < -0.3 is 15.2 Å². The topological polar surface area (TPSA) is 58.6 Å². The molecule has 1 aliphatic rings. The molecule has 2 N–H and O–H groups in total. The first kappa shape index (κ1) is 18.3. The Balaban J connectivity index is 1.35. The van der Waals surface area contributed by atoms with Crippen LogP contribution in [0.1, 0.15) is 27.9 Å². The van der Waals surface area contributed by atoms with Crippen molar-refractivity contribution in [3.8, 4) is 11.5 Å². The standard InChI is InChI=1S/C24H23NO3/c26-23(19-10-12-22(13-11-19)28-21-8-2-1-3-9-21)25-17-24(27)15-14-18-6-4-5-7-20(18)16-24/h1-13,27H,14-17H2,(H,25,26). The van der Waals surface area contributed by atoms with E-state index in [9.17, 15) is 9.90 Å². The number of carbonyl (C=O) groups is 1. The number of benzene rings is 3. The lowest BCUT2D eigenvalue weighted by atomic mass is 9.80. The highest BCUT2D eigenvalue weighted by Gasteiger charge is 2.32. The van der Waals surface area contributed by atoms with Gasteiger partial charge in [-0.3, -0.25) is 4.79 Å². The lowest BCUT2D eigenvalue weighted by Gasteiger charge is -2.33. The number of para-hydroxylation sites is 1. The van der Waals surface area contributed by atoms with E-state index in [0.29, 0.717) is 24.2 Å². The fourth-order valence-corrected chi connectivity index (χ4v) is 3.58. The number of fused-ring (bicyclic) bond motifs is 1. The molecule has 0 heterocycles. The molecule has 4 rings (SSSR count). The summed E-state index contributed by atoms with van der Waals surface area (Å²) in [5, 5.41) is 13.8. The Hall–Kier alpha value is -3.11. The molecule has 0 aromatic heterocycles. The fourth-order valence-electron chi connectivity index (χ4n) is 3.58. The molecule has 0 radical (unpaired) electrons. The van der Waals surface area contributed by atoms with Gasteiger partial charge in [0.1, 0.15) is 11.5 Å². The summed E-state index contributed by atoms with van der Waals surface area (Å²) in [6, 6.07) is 24.7. The van der Waals surface area contributed by atoms with E-state index in [4.69, 9.17) is 4.74 Å². The average Bonchev–Trinajstić information content (AvgIpc) is 2.73. The van der Waals surface area contributed by atoms with Crippen LogP contribution in [0.3, 0.4) is 0 Å². The third kappa shape index (κ3) is 4.24. The van der Waals surface area contributed by atoms with Crippen LogP contribution in [0.2, 0.25) is 0 Å². The second-order valence-electron chi connectivity index (χ2n) is 7.29. The predicted octanol–water partition coefficient (Wildman–Crippen LogP) is 4.13. The number of rotatable bonds is 5. The van der Waals surface area contributed by atoms with Crippen LogP contribution in [-0.4, -0.2) is 23.2 Å². The molecule has 3 aromatic carbocycles. The Morgan fingerprint density at radius 1 is 0.893 bits per heavy atom. The summed E-state index contributed by atoms with van der Waals surface area (Å²) in [5.74, 6) is 1.23. The second-order valence-corrected chi connectivity index (χ2v) is 7.29. The molecule has 0 aliphatic heterocycles. The molecule has 3 aromatic rings. The van der Waals surface area contributed by atoms with Gasteiger partial charge in [-0.1, -0.05) is 42.5 Å². The van der Waals surface area contributed by atoms with Gasteiger partial charge in [-0.05, 0) is 60.4 Å². The molecule has 0 fully saturated rings. The minimum Gasteiger partial charge on any atom is -0.457 e. The van der Waals surface area contributed by atoms with Crippen molar-refractivity contribution in [2.45, 2.75) is 24.9 Å². The molecule has 1 unspecified atom stereocenters. The van der Waals surface area contributed by atoms with Gasteiger partial charge in [0.15, 0.2) is 0 Å². The number of aryl methyl sites for hydroxylation is 1. The van der Waals surface area contributed by atoms with E-state index in [1.807, 2.05) is 48.5 Å². The van der Waals surface area contributed by atoms with Crippen molar-refractivity contribution >= 4 is 5.91 Å². The van der Waals surface area contributed by atoms with Crippen LogP contribution in [-0.2, 0) is 12.8 Å². The molecule has 0 saturated heterocycles. The summed E-state index contributed by atoms with van der Waals surface area (Å²) in [7, 11) is 0. The van der Waals surface area contributed by atoms with E-state index < -0.39 is 5.60 Å². The van der Waals surface area contributed by atoms with Crippen molar-refractivity contribution in [1.29, 1.82) is 0 Å². The Morgan fingerprint density at radius 3 is 2.29 bits per heavy atom. The van der Waals surface area contributed by atoms with Gasteiger partial charge >= 0.3 is 0 Å². The number of carbonyl (C=O) groups excluding carboxylic acids is 1. The summed E-state index contributed by atoms with van der Waals surface area (Å²) >= 11 is 0. The first-order valence-electron chi connectivity index (χ1n) is 9.52. The highest BCUT2D eigenvalue weighted by atomic mass is 16.5. The monoisotopic (exact) mass is 373 g/mol. The van der Waals surface area contributed by atoms with Gasteiger partial charge in [0.25, 0.3) is 5.91 Å². The molecule has 0 spiro atoms. The van der Waals surface area contributed by atoms with Crippen LogP contribution in [0.25, 0.3) is 0 Å². The van der Waals surface area contributed by atoms with E-state index in [-0.39, 0.29) is 12.5 Å². The maximum absolute atomic E-state index is 12.5. The van der Waals surface area contributed by atoms with Crippen LogP contribution < -0.4 is 10.1 Å². The van der Waals surface area contributed by atoms with Crippen molar-refractivity contribution in [1.82, 2.24) is 5.32 Å². The highest BCUT2D eigenvalue weighted by molar-refractivity contribution is 5.94. The van der Waals surface area contributed by atoms with Crippen molar-refractivity contribution < 1.29 is 14.6 Å². The van der Waals surface area contributed by atoms with Crippen molar-refractivity contribution in [3.05, 3.63) is 95.6 Å². The third-order valence-corrected chi connectivity index (χ3v) is 5.17. The summed E-state index contributed by atoms with van der Waals surface area (Å²) in [4.78, 5) is 12.5. The maximum atomic E-state index is 12.5. The van der Waals surface area contributed by atoms with E-state index >= 15 is 0 Å². The lowest BCUT2D eigenvalue weighted by Crippen LogP contribution is -2.46. The van der Waals surface area contributed by atoms with E-state index in [1.54, 1.807) is 24.3 Å². The smallest absolute Gasteiger partial charge is 0.251 e. The third-order valence-electron chi connectivity index (χ3n) is 5.17. The van der Waals surface area contributed by atoms with Gasteiger partial charge in [-0.2, -0.15) is 0 Å². The molecule has 1 amide bonds. The van der Waals surface area contributed by atoms with Crippen molar-refractivity contribution in [3.63, 3.8) is 0 Å². The molecule has 1 aliphatic carbocycles. The fraction of sp³-hybridized carbons (Fsp3) is 0.208. The molecule has 28 heavy (non-hydrogen) atoms. The summed E-state index contributed by atoms with van der Waals surface area (Å²) in [6.07, 6.45) is 2.04. The first-order chi connectivity index (χ1) is 13.6. The van der Waals surface area contributed by atoms with Crippen LogP contribution in [0.5, 0.6) is 11.5 Å². The van der Waals surface area contributed by atoms with Crippen LogP contribution >= 0.6 is 0 Å². The maximum Gasteiger partial charge on any atom is 0.251 e. The quantitative estimate of drug-likeness (QED) is 0.707. The number of hydrogen-bond donors (Lipinski definition) is 2. The van der Waals surface area contributed by atoms with E-state index in [2.05, 4.69) is 11.4 Å². The minimum absolute atomic E-state index is 0.196. The SMILES string of the molecule is O=C(NCC1(O)CCc2ccccc2C1)c1ccc(Oc2ccccc2)cc1. The van der Waals surface area contributed by atoms with Crippen molar-refractivity contribution in [2.24, 2.45) is 0 Å². The summed E-state index contributed by atoms with van der Waals surface area (Å²) in [6.45, 7) is 0.239. The number of ether oxygens (including phenoxy) is 1. The number of aliphatic hydroxyl groups is 1.